The number of fused-ring (bicyclic) bond motifs is 1. The standard InChI is InChI=1S/C25H27ClN4O5/c1-12-11-17(29-35-12)27-21(31)18-16-9-10-25(34-16)19(18)23(33)30(15-8-6-7-14(26)13(15)2)20(25)22(32)28-24(3,4)5/h6-11,16,18-20H,1-5H3,(H,28,32)(H,27,29,31)/t16-,18-,19+,20-,25-/m1/s1. The van der Waals surface area contributed by atoms with Crippen LogP contribution in [0.4, 0.5) is 11.5 Å². The Labute approximate surface area is 207 Å². The summed E-state index contributed by atoms with van der Waals surface area (Å²) in [7, 11) is 0. The van der Waals surface area contributed by atoms with Crippen molar-refractivity contribution in [3.63, 3.8) is 0 Å². The van der Waals surface area contributed by atoms with E-state index in [4.69, 9.17) is 20.9 Å². The van der Waals surface area contributed by atoms with Gasteiger partial charge in [0.15, 0.2) is 5.82 Å². The van der Waals surface area contributed by atoms with Gasteiger partial charge in [0, 0.05) is 22.3 Å². The molecule has 1 aromatic carbocycles. The van der Waals surface area contributed by atoms with Gasteiger partial charge in [0.05, 0.1) is 17.9 Å². The van der Waals surface area contributed by atoms with Crippen molar-refractivity contribution in [3.05, 3.63) is 52.8 Å². The summed E-state index contributed by atoms with van der Waals surface area (Å²) in [6.45, 7) is 9.10. The smallest absolute Gasteiger partial charge is 0.246 e. The Bertz CT molecular complexity index is 1260. The van der Waals surface area contributed by atoms with E-state index >= 15 is 0 Å². The Morgan fingerprint density at radius 1 is 1.20 bits per heavy atom. The molecule has 9 nitrogen and oxygen atoms in total. The van der Waals surface area contributed by atoms with Gasteiger partial charge in [0.25, 0.3) is 0 Å². The normalized spacial score (nSPS) is 29.0. The molecule has 1 spiro atoms. The maximum Gasteiger partial charge on any atom is 0.246 e. The van der Waals surface area contributed by atoms with E-state index in [1.165, 1.54) is 4.90 Å². The summed E-state index contributed by atoms with van der Waals surface area (Å²) in [5.74, 6) is -2.12. The summed E-state index contributed by atoms with van der Waals surface area (Å²) in [5.41, 5.74) is -0.684. The Hall–Kier alpha value is -3.17. The van der Waals surface area contributed by atoms with Crippen LogP contribution in [0, 0.1) is 25.7 Å². The minimum Gasteiger partial charge on any atom is -0.360 e. The number of amides is 3. The van der Waals surface area contributed by atoms with E-state index in [1.54, 1.807) is 50.3 Å². The molecule has 0 radical (unpaired) electrons. The molecule has 35 heavy (non-hydrogen) atoms. The monoisotopic (exact) mass is 498 g/mol. The number of carbonyl (C=O) groups excluding carboxylic acids is 3. The molecule has 1 aromatic heterocycles. The molecule has 3 amide bonds. The molecule has 4 heterocycles. The zero-order valence-electron chi connectivity index (χ0n) is 20.1. The third-order valence-electron chi connectivity index (χ3n) is 6.70. The third kappa shape index (κ3) is 3.65. The molecule has 2 fully saturated rings. The van der Waals surface area contributed by atoms with E-state index in [0.717, 1.165) is 0 Å². The fourth-order valence-electron chi connectivity index (χ4n) is 5.36. The van der Waals surface area contributed by atoms with Gasteiger partial charge in [-0.3, -0.25) is 19.3 Å². The Balaban J connectivity index is 1.59. The van der Waals surface area contributed by atoms with Crippen LogP contribution in [0.25, 0.3) is 0 Å². The van der Waals surface area contributed by atoms with Crippen LogP contribution in [0.2, 0.25) is 5.02 Å². The first kappa shape index (κ1) is 23.6. The second-order valence-corrected chi connectivity index (χ2v) is 10.8. The van der Waals surface area contributed by atoms with Crippen molar-refractivity contribution < 1.29 is 23.6 Å². The van der Waals surface area contributed by atoms with Gasteiger partial charge in [-0.15, -0.1) is 0 Å². The van der Waals surface area contributed by atoms with Gasteiger partial charge in [0.1, 0.15) is 17.4 Å². The number of carbonyl (C=O) groups is 3. The molecule has 3 aliphatic rings. The van der Waals surface area contributed by atoms with E-state index in [2.05, 4.69) is 15.8 Å². The highest BCUT2D eigenvalue weighted by Gasteiger charge is 2.73. The highest BCUT2D eigenvalue weighted by Crippen LogP contribution is 2.56. The fraction of sp³-hybridized carbons (Fsp3) is 0.440. The van der Waals surface area contributed by atoms with E-state index < -0.39 is 41.0 Å². The lowest BCUT2D eigenvalue weighted by Crippen LogP contribution is -2.58. The Kier molecular flexibility index (Phi) is 5.34. The van der Waals surface area contributed by atoms with Crippen molar-refractivity contribution in [1.29, 1.82) is 0 Å². The third-order valence-corrected chi connectivity index (χ3v) is 7.11. The zero-order valence-corrected chi connectivity index (χ0v) is 20.8. The zero-order chi connectivity index (χ0) is 25.3. The van der Waals surface area contributed by atoms with Crippen molar-refractivity contribution in [2.24, 2.45) is 11.8 Å². The molecule has 184 valence electrons. The van der Waals surface area contributed by atoms with Crippen LogP contribution in [0.3, 0.4) is 0 Å². The van der Waals surface area contributed by atoms with Crippen molar-refractivity contribution in [2.45, 2.75) is 57.9 Å². The van der Waals surface area contributed by atoms with E-state index in [-0.39, 0.29) is 17.6 Å². The van der Waals surface area contributed by atoms with Crippen molar-refractivity contribution in [3.8, 4) is 0 Å². The quantitative estimate of drug-likeness (QED) is 0.626. The van der Waals surface area contributed by atoms with Gasteiger partial charge in [-0.25, -0.2) is 0 Å². The molecule has 0 aliphatic carbocycles. The summed E-state index contributed by atoms with van der Waals surface area (Å²) in [6, 6.07) is 5.77. The maximum atomic E-state index is 14.1. The van der Waals surface area contributed by atoms with Gasteiger partial charge < -0.3 is 19.9 Å². The van der Waals surface area contributed by atoms with Gasteiger partial charge in [0.2, 0.25) is 17.7 Å². The molecule has 10 heteroatoms. The SMILES string of the molecule is Cc1cc(NC(=O)[C@H]2[C@H]3C(=O)N(c4cccc(Cl)c4C)[C@H](C(=O)NC(C)(C)C)[C@@]34C=C[C@H]2O4)no1. The van der Waals surface area contributed by atoms with Crippen molar-refractivity contribution >= 4 is 40.8 Å². The molecule has 5 rings (SSSR count). The molecule has 0 saturated carbocycles. The first-order chi connectivity index (χ1) is 16.4. The highest BCUT2D eigenvalue weighted by atomic mass is 35.5. The number of hydrogen-bond acceptors (Lipinski definition) is 6. The number of anilines is 2. The molecule has 2 bridgehead atoms. The van der Waals surface area contributed by atoms with Crippen LogP contribution < -0.4 is 15.5 Å². The minimum absolute atomic E-state index is 0.253. The molecule has 3 aliphatic heterocycles. The number of aryl methyl sites for hydroxylation is 1. The number of hydrogen-bond donors (Lipinski definition) is 2. The number of halogens is 1. The first-order valence-corrected chi connectivity index (χ1v) is 11.8. The van der Waals surface area contributed by atoms with E-state index in [9.17, 15) is 14.4 Å². The fourth-order valence-corrected chi connectivity index (χ4v) is 5.53. The van der Waals surface area contributed by atoms with Crippen LogP contribution in [0.1, 0.15) is 32.1 Å². The van der Waals surface area contributed by atoms with Gasteiger partial charge in [-0.05, 0) is 52.3 Å². The van der Waals surface area contributed by atoms with Gasteiger partial charge in [-0.2, -0.15) is 0 Å². The maximum absolute atomic E-state index is 14.1. The van der Waals surface area contributed by atoms with Crippen LogP contribution in [-0.2, 0) is 19.1 Å². The minimum atomic E-state index is -1.30. The van der Waals surface area contributed by atoms with Gasteiger partial charge in [-0.1, -0.05) is 35.0 Å². The lowest BCUT2D eigenvalue weighted by molar-refractivity contribution is -0.129. The van der Waals surface area contributed by atoms with Crippen LogP contribution >= 0.6 is 11.6 Å². The molecule has 2 aromatic rings. The van der Waals surface area contributed by atoms with Crippen LogP contribution in [0.15, 0.2) is 40.9 Å². The summed E-state index contributed by atoms with van der Waals surface area (Å²) in [6.07, 6.45) is 2.87. The largest absolute Gasteiger partial charge is 0.360 e. The van der Waals surface area contributed by atoms with Gasteiger partial charge >= 0.3 is 0 Å². The second-order valence-electron chi connectivity index (χ2n) is 10.3. The Morgan fingerprint density at radius 2 is 1.94 bits per heavy atom. The molecule has 2 saturated heterocycles. The number of benzene rings is 1. The highest BCUT2D eigenvalue weighted by molar-refractivity contribution is 6.32. The molecular weight excluding hydrogens is 472 g/mol. The predicted molar refractivity (Wildman–Crippen MR) is 129 cm³/mol. The number of rotatable bonds is 4. The number of nitrogens with zero attached hydrogens (tertiary/aromatic N) is 2. The summed E-state index contributed by atoms with van der Waals surface area (Å²) < 4.78 is 11.4. The number of ether oxygens (including phenoxy) is 1. The van der Waals surface area contributed by atoms with E-state index in [1.807, 2.05) is 20.8 Å². The molecule has 5 atom stereocenters. The average molecular weight is 499 g/mol. The van der Waals surface area contributed by atoms with E-state index in [0.29, 0.717) is 22.0 Å². The average Bonchev–Trinajstić information content (AvgIpc) is 3.49. The number of aromatic nitrogens is 1. The number of nitrogens with one attached hydrogen (secondary N) is 2. The lowest BCUT2D eigenvalue weighted by Gasteiger charge is -2.35. The molecule has 2 N–H and O–H groups in total. The second kappa shape index (κ2) is 7.93. The topological polar surface area (TPSA) is 114 Å². The Morgan fingerprint density at radius 3 is 2.60 bits per heavy atom. The summed E-state index contributed by atoms with van der Waals surface area (Å²) >= 11 is 6.38. The molecular formula is C25H27ClN4O5. The summed E-state index contributed by atoms with van der Waals surface area (Å²) in [4.78, 5) is 42.6. The van der Waals surface area contributed by atoms with Crippen molar-refractivity contribution in [1.82, 2.24) is 10.5 Å². The van der Waals surface area contributed by atoms with Crippen LogP contribution in [0.5, 0.6) is 0 Å². The lowest BCUT2D eigenvalue weighted by atomic mass is 9.74. The summed E-state index contributed by atoms with van der Waals surface area (Å²) in [5, 5.41) is 10.0. The first-order valence-electron chi connectivity index (χ1n) is 11.4. The predicted octanol–water partition coefficient (Wildman–Crippen LogP) is 3.15. The van der Waals surface area contributed by atoms with Crippen LogP contribution in [-0.4, -0.2) is 46.2 Å². The molecule has 0 unspecified atom stereocenters. The van der Waals surface area contributed by atoms with Crippen molar-refractivity contribution in [2.75, 3.05) is 10.2 Å².